The summed E-state index contributed by atoms with van der Waals surface area (Å²) < 4.78 is 5.67. The van der Waals surface area contributed by atoms with Gasteiger partial charge in [0.1, 0.15) is 17.9 Å². The predicted molar refractivity (Wildman–Crippen MR) is 131 cm³/mol. The molecule has 168 valence electrons. The third kappa shape index (κ3) is 5.92. The maximum atomic E-state index is 9.97. The van der Waals surface area contributed by atoms with E-state index in [2.05, 4.69) is 32.1 Å². The van der Waals surface area contributed by atoms with E-state index in [0.29, 0.717) is 23.7 Å². The summed E-state index contributed by atoms with van der Waals surface area (Å²) in [5.41, 5.74) is 3.93. The number of nitrogens with zero attached hydrogens (tertiary/aromatic N) is 2. The molecule has 0 amide bonds. The lowest BCUT2D eigenvalue weighted by Gasteiger charge is -2.29. The number of hydrogen-bond acceptors (Lipinski definition) is 3. The molecule has 0 bridgehead atoms. The Labute approximate surface area is 194 Å². The first-order valence-corrected chi connectivity index (χ1v) is 12.4. The van der Waals surface area contributed by atoms with Crippen molar-refractivity contribution >= 4 is 0 Å². The largest absolute Gasteiger partial charge is 0.494 e. The van der Waals surface area contributed by atoms with Crippen molar-refractivity contribution in [2.45, 2.75) is 84.0 Å². The molecule has 1 saturated carbocycles. The van der Waals surface area contributed by atoms with Crippen molar-refractivity contribution in [3.05, 3.63) is 53.1 Å². The number of benzene rings is 2. The molecule has 32 heavy (non-hydrogen) atoms. The van der Waals surface area contributed by atoms with Crippen LogP contribution in [0.15, 0.2) is 36.4 Å². The first-order valence-electron chi connectivity index (χ1n) is 12.4. The molecule has 1 aliphatic carbocycles. The van der Waals surface area contributed by atoms with Gasteiger partial charge < -0.3 is 4.74 Å². The van der Waals surface area contributed by atoms with Crippen LogP contribution in [-0.4, -0.2) is 6.61 Å². The van der Waals surface area contributed by atoms with Crippen LogP contribution < -0.4 is 4.74 Å². The normalized spacial score (nSPS) is 18.0. The second-order valence-corrected chi connectivity index (χ2v) is 9.12. The van der Waals surface area contributed by atoms with Crippen LogP contribution in [0.5, 0.6) is 5.75 Å². The fraction of sp³-hybridized carbons (Fsp3) is 0.517. The molecule has 0 spiro atoms. The highest BCUT2D eigenvalue weighted by Gasteiger charge is 2.26. The Balaban J connectivity index is 1.74. The molecule has 3 nitrogen and oxygen atoms in total. The van der Waals surface area contributed by atoms with Crippen molar-refractivity contribution in [2.75, 3.05) is 6.61 Å². The number of unbranched alkanes of at least 4 members (excludes halogenated alkanes) is 3. The molecule has 3 rings (SSSR count). The Morgan fingerprint density at radius 1 is 0.812 bits per heavy atom. The van der Waals surface area contributed by atoms with Gasteiger partial charge in [-0.05, 0) is 67.2 Å². The van der Waals surface area contributed by atoms with Gasteiger partial charge >= 0.3 is 0 Å². The zero-order chi connectivity index (χ0) is 22.8. The Hall–Kier alpha value is -2.78. The van der Waals surface area contributed by atoms with Crippen molar-refractivity contribution in [2.24, 2.45) is 5.92 Å². The van der Waals surface area contributed by atoms with Gasteiger partial charge in [0.15, 0.2) is 0 Å². The van der Waals surface area contributed by atoms with E-state index < -0.39 is 0 Å². The Kier molecular flexibility index (Phi) is 9.18. The number of hydrogen-bond donors (Lipinski definition) is 0. The summed E-state index contributed by atoms with van der Waals surface area (Å²) in [6, 6.07) is 16.7. The monoisotopic (exact) mass is 428 g/mol. The molecule has 0 aromatic heterocycles. The van der Waals surface area contributed by atoms with E-state index in [-0.39, 0.29) is 0 Å². The maximum absolute atomic E-state index is 9.97. The molecular weight excluding hydrogens is 392 g/mol. The van der Waals surface area contributed by atoms with Gasteiger partial charge in [0, 0.05) is 5.56 Å². The summed E-state index contributed by atoms with van der Waals surface area (Å²) in [4.78, 5) is 0. The van der Waals surface area contributed by atoms with Gasteiger partial charge in [0.05, 0.1) is 17.7 Å². The highest BCUT2D eigenvalue weighted by Crippen LogP contribution is 2.41. The fourth-order valence-corrected chi connectivity index (χ4v) is 5.01. The maximum Gasteiger partial charge on any atom is 0.119 e. The van der Waals surface area contributed by atoms with Crippen molar-refractivity contribution in [1.29, 1.82) is 10.5 Å². The van der Waals surface area contributed by atoms with Crippen LogP contribution in [0, 0.1) is 28.6 Å². The van der Waals surface area contributed by atoms with Gasteiger partial charge in [-0.1, -0.05) is 70.2 Å². The Morgan fingerprint density at radius 3 is 2.16 bits per heavy atom. The zero-order valence-electron chi connectivity index (χ0n) is 19.7. The zero-order valence-corrected chi connectivity index (χ0v) is 19.7. The van der Waals surface area contributed by atoms with E-state index in [1.807, 2.05) is 30.3 Å². The van der Waals surface area contributed by atoms with Gasteiger partial charge in [0.25, 0.3) is 0 Å². The molecule has 0 unspecified atom stereocenters. The molecule has 0 saturated heterocycles. The summed E-state index contributed by atoms with van der Waals surface area (Å²) in [7, 11) is 0. The molecule has 0 N–H and O–H groups in total. The minimum absolute atomic E-state index is 0.391. The third-order valence-electron chi connectivity index (χ3n) is 6.85. The van der Waals surface area contributed by atoms with Crippen molar-refractivity contribution in [3.8, 4) is 29.0 Å². The Bertz CT molecular complexity index is 941. The van der Waals surface area contributed by atoms with Gasteiger partial charge in [-0.2, -0.15) is 10.5 Å². The first-order chi connectivity index (χ1) is 15.7. The minimum Gasteiger partial charge on any atom is -0.494 e. The van der Waals surface area contributed by atoms with Gasteiger partial charge in [-0.3, -0.25) is 0 Å². The summed E-state index contributed by atoms with van der Waals surface area (Å²) in [6.07, 6.45) is 12.4. The summed E-state index contributed by atoms with van der Waals surface area (Å²) in [5.74, 6) is 2.05. The molecule has 0 atom stereocenters. The number of nitriles is 2. The van der Waals surface area contributed by atoms with E-state index in [1.165, 1.54) is 44.9 Å². The second-order valence-electron chi connectivity index (χ2n) is 9.12. The van der Waals surface area contributed by atoms with E-state index in [4.69, 9.17) is 4.74 Å². The Morgan fingerprint density at radius 2 is 1.53 bits per heavy atom. The van der Waals surface area contributed by atoms with Crippen LogP contribution in [0.1, 0.15) is 101 Å². The molecule has 3 heteroatoms. The van der Waals surface area contributed by atoms with Crippen LogP contribution in [0.2, 0.25) is 0 Å². The van der Waals surface area contributed by atoms with Crippen molar-refractivity contribution < 1.29 is 4.74 Å². The van der Waals surface area contributed by atoms with E-state index in [1.54, 1.807) is 0 Å². The molecular formula is C29H36N2O. The molecule has 2 aromatic rings. The van der Waals surface area contributed by atoms with E-state index >= 15 is 0 Å². The molecule has 0 radical (unpaired) electrons. The molecule has 1 fully saturated rings. The summed E-state index contributed by atoms with van der Waals surface area (Å²) >= 11 is 0. The topological polar surface area (TPSA) is 56.8 Å². The number of rotatable bonds is 10. The lowest BCUT2D eigenvalue weighted by molar-refractivity contribution is 0.302. The SMILES string of the molecule is CCCCCC[C@H]1CC[C@H](c2ccc(-c3ccc(OCCC)cc3)c(C#N)c2C#N)CC1. The molecule has 0 aliphatic heterocycles. The van der Waals surface area contributed by atoms with E-state index in [9.17, 15) is 10.5 Å². The average Bonchev–Trinajstić information content (AvgIpc) is 2.85. The lowest BCUT2D eigenvalue weighted by atomic mass is 9.75. The van der Waals surface area contributed by atoms with Crippen molar-refractivity contribution in [1.82, 2.24) is 0 Å². The second kappa shape index (κ2) is 12.3. The van der Waals surface area contributed by atoms with Crippen LogP contribution in [0.3, 0.4) is 0 Å². The van der Waals surface area contributed by atoms with Crippen LogP contribution >= 0.6 is 0 Å². The standard InChI is InChI=1S/C29H36N2O/c1-3-5-6-7-8-22-9-11-23(12-10-22)26-17-18-27(29(21-31)28(26)20-30)24-13-15-25(16-14-24)32-19-4-2/h13-18,22-23H,3-12,19H2,1-2H3/t22-,23-. The van der Waals surface area contributed by atoms with Gasteiger partial charge in [0.2, 0.25) is 0 Å². The highest BCUT2D eigenvalue weighted by atomic mass is 16.5. The first kappa shape index (κ1) is 23.9. The third-order valence-corrected chi connectivity index (χ3v) is 6.85. The highest BCUT2D eigenvalue weighted by molar-refractivity contribution is 5.75. The van der Waals surface area contributed by atoms with Gasteiger partial charge in [-0.25, -0.2) is 0 Å². The molecule has 1 aliphatic rings. The molecule has 2 aromatic carbocycles. The molecule has 0 heterocycles. The van der Waals surface area contributed by atoms with Crippen LogP contribution in [0.4, 0.5) is 0 Å². The lowest BCUT2D eigenvalue weighted by Crippen LogP contribution is -2.15. The minimum atomic E-state index is 0.391. The summed E-state index contributed by atoms with van der Waals surface area (Å²) in [5, 5.41) is 19.9. The van der Waals surface area contributed by atoms with Crippen LogP contribution in [-0.2, 0) is 0 Å². The average molecular weight is 429 g/mol. The van der Waals surface area contributed by atoms with Crippen LogP contribution in [0.25, 0.3) is 11.1 Å². The number of ether oxygens (including phenoxy) is 1. The van der Waals surface area contributed by atoms with E-state index in [0.717, 1.165) is 47.6 Å². The fourth-order valence-electron chi connectivity index (χ4n) is 5.01. The predicted octanol–water partition coefficient (Wildman–Crippen LogP) is 8.13. The summed E-state index contributed by atoms with van der Waals surface area (Å²) in [6.45, 7) is 5.03. The van der Waals surface area contributed by atoms with Gasteiger partial charge in [-0.15, -0.1) is 0 Å². The smallest absolute Gasteiger partial charge is 0.119 e. The van der Waals surface area contributed by atoms with Crippen molar-refractivity contribution in [3.63, 3.8) is 0 Å². The quantitative estimate of drug-likeness (QED) is 0.359.